The largest absolute Gasteiger partial charge is 0.497 e. The highest BCUT2D eigenvalue weighted by atomic mass is 16.5. The number of H-pyrrole nitrogens is 1. The second-order valence-electron chi connectivity index (χ2n) is 6.17. The van der Waals surface area contributed by atoms with Crippen LogP contribution in [-0.2, 0) is 6.54 Å². The van der Waals surface area contributed by atoms with Crippen molar-refractivity contribution < 1.29 is 14.3 Å². The molecule has 1 aromatic carbocycles. The number of carbonyl (C=O) groups excluding carboxylic acids is 1. The number of nitrogens with one attached hydrogen (secondary N) is 2. The summed E-state index contributed by atoms with van der Waals surface area (Å²) in [5, 5.41) is 13.3. The smallest absolute Gasteiger partial charge is 0.274 e. The fraction of sp³-hybridized carbons (Fsp3) is 0.471. The van der Waals surface area contributed by atoms with E-state index in [4.69, 9.17) is 9.47 Å². The van der Waals surface area contributed by atoms with Gasteiger partial charge in [-0.2, -0.15) is 15.4 Å². The van der Waals surface area contributed by atoms with Crippen molar-refractivity contribution in [3.63, 3.8) is 0 Å². The van der Waals surface area contributed by atoms with E-state index in [9.17, 15) is 4.79 Å². The molecule has 1 fully saturated rings. The van der Waals surface area contributed by atoms with Gasteiger partial charge in [0.1, 0.15) is 11.5 Å². The third-order valence-electron chi connectivity index (χ3n) is 4.36. The Kier molecular flexibility index (Phi) is 5.18. The average molecular weight is 345 g/mol. The molecule has 2 heterocycles. The van der Waals surface area contributed by atoms with Crippen molar-refractivity contribution >= 4 is 5.91 Å². The van der Waals surface area contributed by atoms with Gasteiger partial charge in [0.2, 0.25) is 0 Å². The van der Waals surface area contributed by atoms with Crippen molar-refractivity contribution in [2.24, 2.45) is 0 Å². The van der Waals surface area contributed by atoms with Crippen LogP contribution in [0, 0.1) is 6.92 Å². The Balaban J connectivity index is 1.58. The summed E-state index contributed by atoms with van der Waals surface area (Å²) >= 11 is 0. The van der Waals surface area contributed by atoms with Crippen LogP contribution in [0.1, 0.15) is 28.2 Å². The first kappa shape index (κ1) is 17.2. The van der Waals surface area contributed by atoms with Crippen LogP contribution >= 0.6 is 0 Å². The van der Waals surface area contributed by atoms with Gasteiger partial charge in [-0.1, -0.05) is 0 Å². The number of carbonyl (C=O) groups is 1. The van der Waals surface area contributed by atoms with E-state index in [1.807, 2.05) is 18.2 Å². The highest BCUT2D eigenvalue weighted by molar-refractivity contribution is 5.93. The molecular weight excluding hydrogens is 322 g/mol. The molecule has 8 heteroatoms. The zero-order chi connectivity index (χ0) is 17.8. The number of nitrogens with zero attached hydrogens (tertiary/aromatic N) is 3. The van der Waals surface area contributed by atoms with E-state index >= 15 is 0 Å². The normalized spacial score (nSPS) is 17.5. The molecule has 3 rings (SSSR count). The van der Waals surface area contributed by atoms with Crippen LogP contribution in [0.25, 0.3) is 0 Å². The summed E-state index contributed by atoms with van der Waals surface area (Å²) in [6.07, 6.45) is 0.906. The van der Waals surface area contributed by atoms with E-state index < -0.39 is 0 Å². The first-order valence-electron chi connectivity index (χ1n) is 8.21. The van der Waals surface area contributed by atoms with Crippen molar-refractivity contribution in [3.8, 4) is 11.5 Å². The molecule has 2 aromatic rings. The maximum Gasteiger partial charge on any atom is 0.274 e. The number of likely N-dealkylation sites (tertiary alicyclic amines) is 1. The lowest BCUT2D eigenvalue weighted by Gasteiger charge is -2.17. The maximum absolute atomic E-state index is 12.2. The molecule has 0 bridgehead atoms. The molecule has 1 aliphatic heterocycles. The van der Waals surface area contributed by atoms with E-state index in [0.29, 0.717) is 11.4 Å². The van der Waals surface area contributed by atoms with Crippen molar-refractivity contribution in [3.05, 3.63) is 35.2 Å². The lowest BCUT2D eigenvalue weighted by Crippen LogP contribution is -2.37. The molecule has 1 amide bonds. The Hall–Kier alpha value is -2.61. The van der Waals surface area contributed by atoms with Crippen LogP contribution in [0.15, 0.2) is 18.2 Å². The number of hydrogen-bond donors (Lipinski definition) is 2. The zero-order valence-electron chi connectivity index (χ0n) is 14.7. The van der Waals surface area contributed by atoms with Crippen LogP contribution in [0.4, 0.5) is 0 Å². The zero-order valence-corrected chi connectivity index (χ0v) is 14.7. The van der Waals surface area contributed by atoms with Crippen molar-refractivity contribution in [1.29, 1.82) is 0 Å². The van der Waals surface area contributed by atoms with Gasteiger partial charge in [-0.15, -0.1) is 0 Å². The van der Waals surface area contributed by atoms with Crippen molar-refractivity contribution in [2.75, 3.05) is 27.3 Å². The predicted octanol–water partition coefficient (Wildman–Crippen LogP) is 1.13. The van der Waals surface area contributed by atoms with Gasteiger partial charge in [-0.05, 0) is 31.0 Å². The van der Waals surface area contributed by atoms with E-state index in [1.54, 1.807) is 21.1 Å². The summed E-state index contributed by atoms with van der Waals surface area (Å²) in [5.74, 6) is 1.38. The summed E-state index contributed by atoms with van der Waals surface area (Å²) < 4.78 is 10.6. The highest BCUT2D eigenvalue weighted by Crippen LogP contribution is 2.24. The second kappa shape index (κ2) is 7.52. The third kappa shape index (κ3) is 4.08. The quantitative estimate of drug-likeness (QED) is 0.815. The van der Waals surface area contributed by atoms with E-state index in [2.05, 4.69) is 25.6 Å². The van der Waals surface area contributed by atoms with E-state index in [1.165, 1.54) is 0 Å². The second-order valence-corrected chi connectivity index (χ2v) is 6.17. The van der Waals surface area contributed by atoms with Gasteiger partial charge >= 0.3 is 0 Å². The molecule has 8 nitrogen and oxygen atoms in total. The summed E-state index contributed by atoms with van der Waals surface area (Å²) in [6, 6.07) is 5.98. The number of hydrogen-bond acceptors (Lipinski definition) is 6. The molecule has 0 aliphatic carbocycles. The molecule has 1 atom stereocenters. The predicted molar refractivity (Wildman–Crippen MR) is 91.8 cm³/mol. The van der Waals surface area contributed by atoms with Gasteiger partial charge in [0.25, 0.3) is 5.91 Å². The Morgan fingerprint density at radius 2 is 2.00 bits per heavy atom. The Morgan fingerprint density at radius 1 is 1.28 bits per heavy atom. The number of aromatic amines is 1. The van der Waals surface area contributed by atoms with Gasteiger partial charge in [0, 0.05) is 31.7 Å². The number of rotatable bonds is 6. The molecule has 25 heavy (non-hydrogen) atoms. The lowest BCUT2D eigenvalue weighted by atomic mass is 10.2. The summed E-state index contributed by atoms with van der Waals surface area (Å²) in [4.78, 5) is 14.5. The first-order valence-corrected chi connectivity index (χ1v) is 8.21. The number of aryl methyl sites for hydroxylation is 1. The van der Waals surface area contributed by atoms with Gasteiger partial charge in [0.05, 0.1) is 19.9 Å². The summed E-state index contributed by atoms with van der Waals surface area (Å²) in [6.45, 7) is 4.25. The fourth-order valence-corrected chi connectivity index (χ4v) is 3.06. The Bertz CT molecular complexity index is 723. The number of benzene rings is 1. The van der Waals surface area contributed by atoms with Crippen LogP contribution in [0.3, 0.4) is 0 Å². The highest BCUT2D eigenvalue weighted by Gasteiger charge is 2.25. The molecule has 1 aromatic heterocycles. The molecule has 0 spiro atoms. The van der Waals surface area contributed by atoms with Gasteiger partial charge < -0.3 is 14.8 Å². The molecule has 2 N–H and O–H groups in total. The number of methoxy groups -OCH3 is 2. The van der Waals surface area contributed by atoms with Crippen molar-refractivity contribution in [2.45, 2.75) is 25.9 Å². The minimum atomic E-state index is -0.179. The fourth-order valence-electron chi connectivity index (χ4n) is 3.06. The number of ether oxygens (including phenoxy) is 2. The average Bonchev–Trinajstić information content (AvgIpc) is 3.23. The SMILES string of the molecule is COc1cc(CN2CC[C@H](NC(=O)c3n[nH]nc3C)C2)cc(OC)c1. The summed E-state index contributed by atoms with van der Waals surface area (Å²) in [5.41, 5.74) is 2.09. The number of aromatic nitrogens is 3. The molecule has 0 unspecified atom stereocenters. The van der Waals surface area contributed by atoms with E-state index in [0.717, 1.165) is 43.1 Å². The van der Waals surface area contributed by atoms with Crippen LogP contribution in [0.2, 0.25) is 0 Å². The molecule has 1 saturated heterocycles. The van der Waals surface area contributed by atoms with Gasteiger partial charge in [-0.3, -0.25) is 9.69 Å². The molecular formula is C17H23N5O3. The number of amides is 1. The first-order chi connectivity index (χ1) is 12.1. The Labute approximate surface area is 146 Å². The lowest BCUT2D eigenvalue weighted by molar-refractivity contribution is 0.0932. The maximum atomic E-state index is 12.2. The molecule has 134 valence electrons. The summed E-state index contributed by atoms with van der Waals surface area (Å²) in [7, 11) is 3.29. The third-order valence-corrected chi connectivity index (χ3v) is 4.36. The molecule has 1 aliphatic rings. The monoisotopic (exact) mass is 345 g/mol. The molecule has 0 radical (unpaired) electrons. The van der Waals surface area contributed by atoms with E-state index in [-0.39, 0.29) is 11.9 Å². The van der Waals surface area contributed by atoms with Crippen molar-refractivity contribution in [1.82, 2.24) is 25.6 Å². The van der Waals surface area contributed by atoms with Crippen LogP contribution in [-0.4, -0.2) is 59.6 Å². The Morgan fingerprint density at radius 3 is 2.60 bits per heavy atom. The standard InChI is InChI=1S/C17H23N5O3/c1-11-16(20-21-19-11)17(23)18-13-4-5-22(10-13)9-12-6-14(24-2)8-15(7-12)25-3/h6-8,13H,4-5,9-10H2,1-3H3,(H,18,23)(H,19,20,21)/t13-/m0/s1. The minimum absolute atomic E-state index is 0.108. The topological polar surface area (TPSA) is 92.4 Å². The van der Waals surface area contributed by atoms with Gasteiger partial charge in [-0.25, -0.2) is 0 Å². The van der Waals surface area contributed by atoms with Crippen LogP contribution < -0.4 is 14.8 Å². The minimum Gasteiger partial charge on any atom is -0.497 e. The molecule has 0 saturated carbocycles. The van der Waals surface area contributed by atoms with Gasteiger partial charge in [0.15, 0.2) is 5.69 Å². The van der Waals surface area contributed by atoms with Crippen LogP contribution in [0.5, 0.6) is 11.5 Å².